The van der Waals surface area contributed by atoms with Crippen molar-refractivity contribution in [2.45, 2.75) is 26.8 Å². The van der Waals surface area contributed by atoms with E-state index in [0.29, 0.717) is 6.54 Å². The molecule has 1 aliphatic heterocycles. The third-order valence-electron chi connectivity index (χ3n) is 8.66. The molecule has 1 aliphatic rings. The Morgan fingerprint density at radius 1 is 0.740 bits per heavy atom. The molecule has 0 spiro atoms. The molecule has 0 radical (unpaired) electrons. The summed E-state index contributed by atoms with van der Waals surface area (Å²) in [6.07, 6.45) is 23.2. The van der Waals surface area contributed by atoms with E-state index < -0.39 is 0 Å². The molecule has 0 aliphatic carbocycles. The van der Waals surface area contributed by atoms with Crippen LogP contribution in [0.4, 0.5) is 0 Å². The molecule has 0 atom stereocenters. The Morgan fingerprint density at radius 3 is 2.30 bits per heavy atom. The van der Waals surface area contributed by atoms with Gasteiger partial charge in [-0.25, -0.2) is 0 Å². The summed E-state index contributed by atoms with van der Waals surface area (Å²) in [5.41, 5.74) is 9.00. The summed E-state index contributed by atoms with van der Waals surface area (Å²) in [4.78, 5) is 14.4. The van der Waals surface area contributed by atoms with E-state index in [9.17, 15) is 0 Å². The van der Waals surface area contributed by atoms with E-state index >= 15 is 0 Å². The average molecular weight is 648 g/mol. The molecule has 0 N–H and O–H groups in total. The van der Waals surface area contributed by atoms with Crippen LogP contribution in [0.25, 0.3) is 32.7 Å². The van der Waals surface area contributed by atoms with Gasteiger partial charge in [0.25, 0.3) is 0 Å². The van der Waals surface area contributed by atoms with Crippen LogP contribution in [0.2, 0.25) is 0 Å². The fourth-order valence-electron chi connectivity index (χ4n) is 5.90. The summed E-state index contributed by atoms with van der Waals surface area (Å²) in [6, 6.07) is 38.5. The molecular formula is C47H41N3. The van der Waals surface area contributed by atoms with Gasteiger partial charge in [0.1, 0.15) is 0 Å². The SMILES string of the molecule is C=NC(=C\C(=NCc1cccc2ccccc12)c1ccc(-c2ccc3ccccc3c2)cc1)/C1=C/C=C\C=C(\C=C/CC)C(/C)=N\C=C\C=C\1. The monoisotopic (exact) mass is 647 g/mol. The van der Waals surface area contributed by atoms with Crippen LogP contribution in [-0.4, -0.2) is 18.1 Å². The number of hydrogen-bond acceptors (Lipinski definition) is 3. The number of fused-ring (bicyclic) bond motifs is 2. The first-order valence-electron chi connectivity index (χ1n) is 17.1. The third-order valence-corrected chi connectivity index (χ3v) is 8.66. The molecule has 3 nitrogen and oxygen atoms in total. The number of hydrogen-bond donors (Lipinski definition) is 0. The van der Waals surface area contributed by atoms with E-state index in [0.717, 1.165) is 45.8 Å². The van der Waals surface area contributed by atoms with E-state index in [1.165, 1.54) is 32.7 Å². The van der Waals surface area contributed by atoms with Gasteiger partial charge in [0.05, 0.1) is 18.0 Å². The van der Waals surface area contributed by atoms with Crippen molar-refractivity contribution in [3.8, 4) is 11.1 Å². The van der Waals surface area contributed by atoms with Gasteiger partial charge in [0, 0.05) is 17.5 Å². The number of allylic oxidation sites excluding steroid dienone is 11. The zero-order valence-electron chi connectivity index (χ0n) is 28.7. The minimum Gasteiger partial charge on any atom is -0.280 e. The highest BCUT2D eigenvalue weighted by molar-refractivity contribution is 6.10. The second kappa shape index (κ2) is 16.8. The first-order valence-corrected chi connectivity index (χ1v) is 17.1. The summed E-state index contributed by atoms with van der Waals surface area (Å²) in [5, 5.41) is 4.87. The van der Waals surface area contributed by atoms with Crippen LogP contribution in [0.3, 0.4) is 0 Å². The Labute approximate surface area is 295 Å². The summed E-state index contributed by atoms with van der Waals surface area (Å²) in [6.45, 7) is 8.65. The lowest BCUT2D eigenvalue weighted by Crippen LogP contribution is -2.01. The van der Waals surface area contributed by atoms with Crippen LogP contribution >= 0.6 is 0 Å². The van der Waals surface area contributed by atoms with Gasteiger partial charge in [-0.15, -0.1) is 0 Å². The lowest BCUT2D eigenvalue weighted by atomic mass is 9.98. The molecule has 0 unspecified atom stereocenters. The molecule has 5 aromatic rings. The maximum absolute atomic E-state index is 5.22. The predicted molar refractivity (Wildman–Crippen MR) is 217 cm³/mol. The normalized spacial score (nSPS) is 19.4. The summed E-state index contributed by atoms with van der Waals surface area (Å²) in [7, 11) is 0. The van der Waals surface area contributed by atoms with Crippen molar-refractivity contribution in [2.24, 2.45) is 15.0 Å². The van der Waals surface area contributed by atoms with Gasteiger partial charge in [-0.3, -0.25) is 15.0 Å². The zero-order chi connectivity index (χ0) is 34.5. The zero-order valence-corrected chi connectivity index (χ0v) is 28.7. The van der Waals surface area contributed by atoms with Crippen molar-refractivity contribution in [1.29, 1.82) is 0 Å². The number of nitrogens with zero attached hydrogens (tertiary/aromatic N) is 3. The first-order chi connectivity index (χ1) is 24.6. The van der Waals surface area contributed by atoms with Crippen LogP contribution < -0.4 is 0 Å². The minimum absolute atomic E-state index is 0.526. The number of benzene rings is 5. The van der Waals surface area contributed by atoms with E-state index in [4.69, 9.17) is 4.99 Å². The molecule has 0 aromatic heterocycles. The molecule has 50 heavy (non-hydrogen) atoms. The van der Waals surface area contributed by atoms with Crippen molar-refractivity contribution < 1.29 is 0 Å². The Balaban J connectivity index is 1.40. The summed E-state index contributed by atoms with van der Waals surface area (Å²) in [5.74, 6) is 0. The standard InChI is InChI=1S/C47H41N3/c1-4-5-15-36-16-6-8-19-40(20-12-13-31-49-35(36)2)46(48-3)33-47(50-34-44-23-14-22-39-18-10-11-24-45(39)44)41-28-25-38(26-29-41)43-30-27-37-17-7-9-21-42(37)32-43/h5-33H,3-4,34H2,1-2H3/b8-6-,13-12?,15-5-,16-6?,19-8?,20-12+,31-13+,36-16-,36-35?,40-19+,40-20?,46-33-,49-31?,49-35-,50-47?. The second-order valence-corrected chi connectivity index (χ2v) is 12.0. The molecule has 0 amide bonds. The van der Waals surface area contributed by atoms with Crippen molar-refractivity contribution in [1.82, 2.24) is 0 Å². The van der Waals surface area contributed by atoms with Crippen LogP contribution in [0.15, 0.2) is 208 Å². The summed E-state index contributed by atoms with van der Waals surface area (Å²) >= 11 is 0. The second-order valence-electron chi connectivity index (χ2n) is 12.0. The molecule has 1 heterocycles. The van der Waals surface area contributed by atoms with Crippen LogP contribution in [0, 0.1) is 0 Å². The van der Waals surface area contributed by atoms with Gasteiger partial charge in [0.15, 0.2) is 0 Å². The van der Waals surface area contributed by atoms with Gasteiger partial charge < -0.3 is 0 Å². The molecule has 3 heteroatoms. The Hall–Kier alpha value is -6.19. The van der Waals surface area contributed by atoms with E-state index in [-0.39, 0.29) is 0 Å². The Morgan fingerprint density at radius 2 is 1.48 bits per heavy atom. The molecule has 5 aromatic carbocycles. The topological polar surface area (TPSA) is 37.1 Å². The average Bonchev–Trinajstić information content (AvgIpc) is 3.16. The number of aliphatic imine (C=N–C) groups is 3. The maximum atomic E-state index is 5.22. The minimum atomic E-state index is 0.526. The molecule has 6 rings (SSSR count). The quantitative estimate of drug-likeness (QED) is 0.143. The van der Waals surface area contributed by atoms with Crippen LogP contribution in [0.5, 0.6) is 0 Å². The maximum Gasteiger partial charge on any atom is 0.0716 e. The highest BCUT2D eigenvalue weighted by Crippen LogP contribution is 2.26. The lowest BCUT2D eigenvalue weighted by molar-refractivity contribution is 1.08. The predicted octanol–water partition coefficient (Wildman–Crippen LogP) is 12.2. The molecule has 0 saturated heterocycles. The third kappa shape index (κ3) is 8.44. The van der Waals surface area contributed by atoms with Crippen molar-refractivity contribution >= 4 is 39.7 Å². The van der Waals surface area contributed by atoms with Gasteiger partial charge in [0.2, 0.25) is 0 Å². The smallest absolute Gasteiger partial charge is 0.0716 e. The van der Waals surface area contributed by atoms with Gasteiger partial charge in [-0.05, 0) is 87.7 Å². The fourth-order valence-corrected chi connectivity index (χ4v) is 5.90. The molecule has 0 bridgehead atoms. The largest absolute Gasteiger partial charge is 0.280 e. The fraction of sp³-hybridized carbons (Fsp3) is 0.0851. The van der Waals surface area contributed by atoms with Crippen LogP contribution in [0.1, 0.15) is 31.4 Å². The van der Waals surface area contributed by atoms with Gasteiger partial charge >= 0.3 is 0 Å². The van der Waals surface area contributed by atoms with Crippen molar-refractivity contribution in [3.63, 3.8) is 0 Å². The van der Waals surface area contributed by atoms with E-state index in [1.807, 2.05) is 49.6 Å². The lowest BCUT2D eigenvalue weighted by Gasteiger charge is -2.10. The van der Waals surface area contributed by atoms with Crippen molar-refractivity contribution in [2.75, 3.05) is 0 Å². The Kier molecular flexibility index (Phi) is 11.3. The first kappa shape index (κ1) is 33.7. The molecular weight excluding hydrogens is 607 g/mol. The summed E-state index contributed by atoms with van der Waals surface area (Å²) < 4.78 is 0. The van der Waals surface area contributed by atoms with Crippen molar-refractivity contribution in [3.05, 3.63) is 204 Å². The molecule has 0 fully saturated rings. The molecule has 244 valence electrons. The highest BCUT2D eigenvalue weighted by Gasteiger charge is 2.09. The Bertz CT molecular complexity index is 2280. The molecule has 0 saturated carbocycles. The van der Waals surface area contributed by atoms with Gasteiger partial charge in [-0.1, -0.05) is 159 Å². The number of rotatable bonds is 9. The van der Waals surface area contributed by atoms with E-state index in [1.54, 1.807) is 0 Å². The highest BCUT2D eigenvalue weighted by atomic mass is 14.8. The van der Waals surface area contributed by atoms with E-state index in [2.05, 4.69) is 157 Å². The van der Waals surface area contributed by atoms with Crippen LogP contribution in [-0.2, 0) is 6.54 Å². The van der Waals surface area contributed by atoms with Gasteiger partial charge in [-0.2, -0.15) is 0 Å².